The molecule has 0 unspecified atom stereocenters. The number of amides is 1. The van der Waals surface area contributed by atoms with Gasteiger partial charge in [0.25, 0.3) is 0 Å². The summed E-state index contributed by atoms with van der Waals surface area (Å²) in [6.07, 6.45) is 1.70. The average molecular weight is 225 g/mol. The van der Waals surface area contributed by atoms with E-state index in [0.717, 1.165) is 5.69 Å². The molecule has 0 bridgehead atoms. The van der Waals surface area contributed by atoms with Crippen LogP contribution >= 0.6 is 11.6 Å². The predicted molar refractivity (Wildman–Crippen MR) is 63.1 cm³/mol. The minimum Gasteiger partial charge on any atom is -0.325 e. The molecule has 0 saturated heterocycles. The Morgan fingerprint density at radius 1 is 1.40 bits per heavy atom. The maximum Gasteiger partial charge on any atom is 0.238 e. The van der Waals surface area contributed by atoms with Gasteiger partial charge in [-0.05, 0) is 24.3 Å². The summed E-state index contributed by atoms with van der Waals surface area (Å²) >= 11 is 5.71. The molecule has 0 fully saturated rings. The van der Waals surface area contributed by atoms with Gasteiger partial charge < -0.3 is 10.6 Å². The predicted octanol–water partition coefficient (Wildman–Crippen LogP) is 2.05. The molecule has 0 aromatic heterocycles. The van der Waals surface area contributed by atoms with Crippen molar-refractivity contribution in [2.24, 2.45) is 0 Å². The molecule has 1 rings (SSSR count). The fraction of sp³-hybridized carbons (Fsp3) is 0.182. The molecule has 0 aliphatic rings. The second-order valence-corrected chi connectivity index (χ2v) is 3.41. The van der Waals surface area contributed by atoms with E-state index in [4.69, 9.17) is 11.6 Å². The van der Waals surface area contributed by atoms with E-state index in [1.54, 1.807) is 30.3 Å². The van der Waals surface area contributed by atoms with E-state index in [-0.39, 0.29) is 12.5 Å². The van der Waals surface area contributed by atoms with Crippen LogP contribution < -0.4 is 10.6 Å². The number of carbonyl (C=O) groups excluding carboxylic acids is 1. The van der Waals surface area contributed by atoms with Gasteiger partial charge in [-0.1, -0.05) is 17.7 Å². The molecule has 0 saturated carbocycles. The molecule has 4 heteroatoms. The van der Waals surface area contributed by atoms with Gasteiger partial charge in [0.05, 0.1) is 6.54 Å². The molecule has 1 aromatic rings. The average Bonchev–Trinajstić information content (AvgIpc) is 2.22. The minimum absolute atomic E-state index is 0.0841. The normalized spacial score (nSPS) is 9.67. The van der Waals surface area contributed by atoms with Crippen LogP contribution in [0.15, 0.2) is 36.9 Å². The topological polar surface area (TPSA) is 41.1 Å². The van der Waals surface area contributed by atoms with Crippen molar-refractivity contribution in [2.75, 3.05) is 18.4 Å². The van der Waals surface area contributed by atoms with E-state index in [0.29, 0.717) is 11.6 Å². The molecular weight excluding hydrogens is 212 g/mol. The molecule has 0 radical (unpaired) electrons. The van der Waals surface area contributed by atoms with Gasteiger partial charge >= 0.3 is 0 Å². The molecule has 80 valence electrons. The second-order valence-electron chi connectivity index (χ2n) is 2.97. The highest BCUT2D eigenvalue weighted by atomic mass is 35.5. The SMILES string of the molecule is C=CCNCC(=O)Nc1ccc(Cl)cc1. The van der Waals surface area contributed by atoms with E-state index in [1.807, 2.05) is 0 Å². The Bertz CT molecular complexity index is 335. The number of anilines is 1. The zero-order chi connectivity index (χ0) is 11.1. The first-order valence-electron chi connectivity index (χ1n) is 4.59. The highest BCUT2D eigenvalue weighted by Gasteiger charge is 2.00. The summed E-state index contributed by atoms with van der Waals surface area (Å²) in [5.74, 6) is -0.0841. The molecule has 1 amide bonds. The summed E-state index contributed by atoms with van der Waals surface area (Å²) in [7, 11) is 0. The van der Waals surface area contributed by atoms with Crippen molar-refractivity contribution in [3.63, 3.8) is 0 Å². The van der Waals surface area contributed by atoms with Crippen LogP contribution in [0.5, 0.6) is 0 Å². The van der Waals surface area contributed by atoms with Gasteiger partial charge in [-0.3, -0.25) is 4.79 Å². The lowest BCUT2D eigenvalue weighted by atomic mass is 10.3. The molecule has 3 nitrogen and oxygen atoms in total. The Balaban J connectivity index is 2.37. The van der Waals surface area contributed by atoms with E-state index in [1.165, 1.54) is 0 Å². The lowest BCUT2D eigenvalue weighted by Crippen LogP contribution is -2.27. The summed E-state index contributed by atoms with van der Waals surface area (Å²) in [6, 6.07) is 6.98. The van der Waals surface area contributed by atoms with Crippen LogP contribution in [0.4, 0.5) is 5.69 Å². The number of halogens is 1. The van der Waals surface area contributed by atoms with Crippen LogP contribution in [0.2, 0.25) is 5.02 Å². The monoisotopic (exact) mass is 224 g/mol. The number of hydrogen-bond donors (Lipinski definition) is 2. The fourth-order valence-corrected chi connectivity index (χ4v) is 1.15. The van der Waals surface area contributed by atoms with Gasteiger partial charge in [-0.15, -0.1) is 6.58 Å². The Labute approximate surface area is 94.1 Å². The van der Waals surface area contributed by atoms with Crippen molar-refractivity contribution in [3.05, 3.63) is 41.9 Å². The van der Waals surface area contributed by atoms with Crippen molar-refractivity contribution in [1.82, 2.24) is 5.32 Å². The molecule has 0 aliphatic carbocycles. The maximum atomic E-state index is 11.3. The number of hydrogen-bond acceptors (Lipinski definition) is 2. The summed E-state index contributed by atoms with van der Waals surface area (Å²) in [6.45, 7) is 4.43. The van der Waals surface area contributed by atoms with Crippen LogP contribution in [-0.4, -0.2) is 19.0 Å². The fourth-order valence-electron chi connectivity index (χ4n) is 1.03. The Hall–Kier alpha value is -1.32. The van der Waals surface area contributed by atoms with E-state index < -0.39 is 0 Å². The van der Waals surface area contributed by atoms with E-state index >= 15 is 0 Å². The van der Waals surface area contributed by atoms with Crippen LogP contribution in [0.3, 0.4) is 0 Å². The lowest BCUT2D eigenvalue weighted by Gasteiger charge is -2.05. The number of rotatable bonds is 5. The number of benzene rings is 1. The summed E-state index contributed by atoms with van der Waals surface area (Å²) in [5, 5.41) is 6.29. The highest BCUT2D eigenvalue weighted by molar-refractivity contribution is 6.30. The summed E-state index contributed by atoms with van der Waals surface area (Å²) in [4.78, 5) is 11.3. The maximum absolute atomic E-state index is 11.3. The standard InChI is InChI=1S/C11H13ClN2O/c1-2-7-13-8-11(15)14-10-5-3-9(12)4-6-10/h2-6,13H,1,7-8H2,(H,14,15). The van der Waals surface area contributed by atoms with Gasteiger partial charge in [0.2, 0.25) is 5.91 Å². The molecular formula is C11H13ClN2O. The zero-order valence-corrected chi connectivity index (χ0v) is 9.05. The first-order valence-corrected chi connectivity index (χ1v) is 4.97. The third kappa shape index (κ3) is 4.63. The molecule has 0 aliphatic heterocycles. The molecule has 2 N–H and O–H groups in total. The van der Waals surface area contributed by atoms with Gasteiger partial charge in [-0.2, -0.15) is 0 Å². The molecule has 0 heterocycles. The van der Waals surface area contributed by atoms with E-state index in [9.17, 15) is 4.79 Å². The second kappa shape index (κ2) is 6.22. The van der Waals surface area contributed by atoms with Gasteiger partial charge in [-0.25, -0.2) is 0 Å². The highest BCUT2D eigenvalue weighted by Crippen LogP contribution is 2.12. The Morgan fingerprint density at radius 3 is 2.67 bits per heavy atom. The number of nitrogens with one attached hydrogen (secondary N) is 2. The zero-order valence-electron chi connectivity index (χ0n) is 8.29. The molecule has 0 spiro atoms. The molecule has 15 heavy (non-hydrogen) atoms. The smallest absolute Gasteiger partial charge is 0.238 e. The van der Waals surface area contributed by atoms with Crippen LogP contribution in [0.25, 0.3) is 0 Å². The van der Waals surface area contributed by atoms with Crippen LogP contribution in [-0.2, 0) is 4.79 Å². The van der Waals surface area contributed by atoms with Gasteiger partial charge in [0, 0.05) is 17.3 Å². The van der Waals surface area contributed by atoms with Crippen LogP contribution in [0, 0.1) is 0 Å². The summed E-state index contributed by atoms with van der Waals surface area (Å²) < 4.78 is 0. The first kappa shape index (κ1) is 11.8. The van der Waals surface area contributed by atoms with E-state index in [2.05, 4.69) is 17.2 Å². The van der Waals surface area contributed by atoms with Crippen molar-refractivity contribution >= 4 is 23.2 Å². The number of carbonyl (C=O) groups is 1. The lowest BCUT2D eigenvalue weighted by molar-refractivity contribution is -0.115. The third-order valence-electron chi connectivity index (χ3n) is 1.70. The summed E-state index contributed by atoms with van der Waals surface area (Å²) in [5.41, 5.74) is 0.741. The first-order chi connectivity index (χ1) is 7.22. The van der Waals surface area contributed by atoms with Crippen molar-refractivity contribution in [2.45, 2.75) is 0 Å². The van der Waals surface area contributed by atoms with Gasteiger partial charge in [0.1, 0.15) is 0 Å². The minimum atomic E-state index is -0.0841. The van der Waals surface area contributed by atoms with Crippen molar-refractivity contribution in [3.8, 4) is 0 Å². The quantitative estimate of drug-likeness (QED) is 0.594. The largest absolute Gasteiger partial charge is 0.325 e. The van der Waals surface area contributed by atoms with Crippen molar-refractivity contribution < 1.29 is 4.79 Å². The van der Waals surface area contributed by atoms with Gasteiger partial charge in [0.15, 0.2) is 0 Å². The molecule has 0 atom stereocenters. The molecule has 1 aromatic carbocycles. The Kier molecular flexibility index (Phi) is 4.87. The van der Waals surface area contributed by atoms with Crippen molar-refractivity contribution in [1.29, 1.82) is 0 Å². The Morgan fingerprint density at radius 2 is 2.07 bits per heavy atom. The van der Waals surface area contributed by atoms with Crippen LogP contribution in [0.1, 0.15) is 0 Å². The third-order valence-corrected chi connectivity index (χ3v) is 1.95.